The second-order valence-corrected chi connectivity index (χ2v) is 6.39. The second-order valence-electron chi connectivity index (χ2n) is 6.39. The van der Waals surface area contributed by atoms with Crippen molar-refractivity contribution in [2.24, 2.45) is 5.92 Å². The molecule has 118 valence electrons. The van der Waals surface area contributed by atoms with Crippen molar-refractivity contribution in [3.63, 3.8) is 0 Å². The molecule has 2 heteroatoms. The van der Waals surface area contributed by atoms with E-state index in [0.29, 0.717) is 6.04 Å². The monoisotopic (exact) mass is 289 g/mol. The van der Waals surface area contributed by atoms with E-state index in [0.717, 1.165) is 32.1 Å². The van der Waals surface area contributed by atoms with Crippen LogP contribution in [0, 0.1) is 5.92 Å². The third kappa shape index (κ3) is 6.62. The largest absolute Gasteiger partial charge is 0.381 e. The Morgan fingerprint density at radius 3 is 2.62 bits per heavy atom. The zero-order valence-corrected chi connectivity index (χ0v) is 13.7. The molecule has 1 N–H and O–H groups in total. The molecule has 0 heterocycles. The fourth-order valence-corrected chi connectivity index (χ4v) is 2.50. The molecule has 1 saturated carbocycles. The van der Waals surface area contributed by atoms with E-state index in [2.05, 4.69) is 43.4 Å². The van der Waals surface area contributed by atoms with Gasteiger partial charge < -0.3 is 10.1 Å². The third-order valence-corrected chi connectivity index (χ3v) is 4.27. The predicted molar refractivity (Wildman–Crippen MR) is 89.6 cm³/mol. The summed E-state index contributed by atoms with van der Waals surface area (Å²) in [4.78, 5) is 0. The molecule has 1 aliphatic rings. The van der Waals surface area contributed by atoms with E-state index < -0.39 is 0 Å². The Morgan fingerprint density at radius 2 is 1.95 bits per heavy atom. The number of benzene rings is 1. The van der Waals surface area contributed by atoms with Crippen molar-refractivity contribution in [1.29, 1.82) is 0 Å². The molecular formula is C19H31NO. The van der Waals surface area contributed by atoms with E-state index in [9.17, 15) is 0 Å². The van der Waals surface area contributed by atoms with E-state index in [1.165, 1.54) is 43.2 Å². The average Bonchev–Trinajstić information content (AvgIpc) is 3.33. The van der Waals surface area contributed by atoms with E-state index in [-0.39, 0.29) is 0 Å². The number of rotatable bonds is 11. The fraction of sp³-hybridized carbons (Fsp3) is 0.684. The lowest BCUT2D eigenvalue weighted by Crippen LogP contribution is -2.21. The van der Waals surface area contributed by atoms with Gasteiger partial charge in [-0.2, -0.15) is 0 Å². The number of unbranched alkanes of at least 4 members (excludes halogenated alkanes) is 1. The molecule has 1 aliphatic carbocycles. The van der Waals surface area contributed by atoms with Crippen LogP contribution in [0.3, 0.4) is 0 Å². The summed E-state index contributed by atoms with van der Waals surface area (Å²) >= 11 is 0. The number of aryl methyl sites for hydroxylation is 1. The zero-order valence-electron chi connectivity index (χ0n) is 13.7. The van der Waals surface area contributed by atoms with Crippen molar-refractivity contribution in [2.75, 3.05) is 19.8 Å². The summed E-state index contributed by atoms with van der Waals surface area (Å²) in [5.74, 6) is 0.878. The number of hydrogen-bond acceptors (Lipinski definition) is 2. The normalized spacial score (nSPS) is 16.1. The van der Waals surface area contributed by atoms with Crippen LogP contribution >= 0.6 is 0 Å². The van der Waals surface area contributed by atoms with Gasteiger partial charge in [-0.25, -0.2) is 0 Å². The summed E-state index contributed by atoms with van der Waals surface area (Å²) in [5, 5.41) is 3.59. The fourth-order valence-electron chi connectivity index (χ4n) is 2.50. The van der Waals surface area contributed by atoms with Gasteiger partial charge in [0, 0.05) is 19.3 Å². The van der Waals surface area contributed by atoms with Crippen LogP contribution in [0.25, 0.3) is 0 Å². The highest BCUT2D eigenvalue weighted by atomic mass is 16.5. The van der Waals surface area contributed by atoms with Gasteiger partial charge in [-0.1, -0.05) is 37.6 Å². The number of ether oxygens (including phenoxy) is 1. The van der Waals surface area contributed by atoms with E-state index in [4.69, 9.17) is 4.74 Å². The molecule has 1 atom stereocenters. The lowest BCUT2D eigenvalue weighted by Gasteiger charge is -2.15. The summed E-state index contributed by atoms with van der Waals surface area (Å²) in [6.45, 7) is 7.39. The Labute approximate surface area is 130 Å². The zero-order chi connectivity index (χ0) is 14.9. The summed E-state index contributed by atoms with van der Waals surface area (Å²) in [5.41, 5.74) is 2.84. The predicted octanol–water partition coefficient (Wildman–Crippen LogP) is 4.50. The smallest absolute Gasteiger partial charge is 0.0494 e. The van der Waals surface area contributed by atoms with Crippen LogP contribution in [0.2, 0.25) is 0 Å². The lowest BCUT2D eigenvalue weighted by atomic mass is 10.0. The first-order valence-corrected chi connectivity index (χ1v) is 8.69. The highest BCUT2D eigenvalue weighted by Crippen LogP contribution is 2.28. The second kappa shape index (κ2) is 9.22. The first-order chi connectivity index (χ1) is 10.3. The maximum Gasteiger partial charge on any atom is 0.0494 e. The van der Waals surface area contributed by atoms with Gasteiger partial charge in [0.15, 0.2) is 0 Å². The SMILES string of the molecule is CCCCc1ccc(C(C)NCCCOCC2CC2)cc1. The number of nitrogens with one attached hydrogen (secondary N) is 1. The van der Waals surface area contributed by atoms with Gasteiger partial charge in [-0.05, 0) is 62.6 Å². The van der Waals surface area contributed by atoms with Crippen molar-refractivity contribution in [1.82, 2.24) is 5.32 Å². The summed E-state index contributed by atoms with van der Waals surface area (Å²) < 4.78 is 5.66. The summed E-state index contributed by atoms with van der Waals surface area (Å²) in [6.07, 6.45) is 7.62. The molecule has 0 aliphatic heterocycles. The van der Waals surface area contributed by atoms with Gasteiger partial charge in [0.1, 0.15) is 0 Å². The van der Waals surface area contributed by atoms with Gasteiger partial charge in [-0.15, -0.1) is 0 Å². The molecule has 2 nitrogen and oxygen atoms in total. The van der Waals surface area contributed by atoms with Gasteiger partial charge in [0.2, 0.25) is 0 Å². The summed E-state index contributed by atoms with van der Waals surface area (Å²) in [6, 6.07) is 9.52. The van der Waals surface area contributed by atoms with E-state index >= 15 is 0 Å². The van der Waals surface area contributed by atoms with E-state index in [1.54, 1.807) is 0 Å². The van der Waals surface area contributed by atoms with Crippen LogP contribution in [0.5, 0.6) is 0 Å². The Kier molecular flexibility index (Phi) is 7.25. The Morgan fingerprint density at radius 1 is 1.19 bits per heavy atom. The third-order valence-electron chi connectivity index (χ3n) is 4.27. The highest BCUT2D eigenvalue weighted by Gasteiger charge is 2.20. The molecule has 2 rings (SSSR count). The van der Waals surface area contributed by atoms with Gasteiger partial charge in [0.05, 0.1) is 0 Å². The Balaban J connectivity index is 1.59. The van der Waals surface area contributed by atoms with Crippen LogP contribution in [0.4, 0.5) is 0 Å². The molecule has 0 aromatic heterocycles. The molecule has 0 bridgehead atoms. The maximum atomic E-state index is 5.66. The van der Waals surface area contributed by atoms with Gasteiger partial charge in [-0.3, -0.25) is 0 Å². The quantitative estimate of drug-likeness (QED) is 0.606. The minimum absolute atomic E-state index is 0.425. The molecule has 1 aromatic carbocycles. The van der Waals surface area contributed by atoms with Crippen molar-refractivity contribution in [2.45, 2.75) is 58.4 Å². The van der Waals surface area contributed by atoms with Gasteiger partial charge in [0.25, 0.3) is 0 Å². The first kappa shape index (κ1) is 16.5. The van der Waals surface area contributed by atoms with Crippen LogP contribution in [-0.4, -0.2) is 19.8 Å². The molecule has 0 amide bonds. The van der Waals surface area contributed by atoms with Gasteiger partial charge >= 0.3 is 0 Å². The average molecular weight is 289 g/mol. The molecule has 1 unspecified atom stereocenters. The molecule has 0 radical (unpaired) electrons. The minimum Gasteiger partial charge on any atom is -0.381 e. The van der Waals surface area contributed by atoms with E-state index in [1.807, 2.05) is 0 Å². The lowest BCUT2D eigenvalue weighted by molar-refractivity contribution is 0.121. The molecule has 0 saturated heterocycles. The Hall–Kier alpha value is -0.860. The standard InChI is InChI=1S/C19H31NO/c1-3-4-6-17-9-11-19(12-10-17)16(2)20-13-5-14-21-15-18-7-8-18/h9-12,16,18,20H,3-8,13-15H2,1-2H3. The van der Waals surface area contributed by atoms with Crippen molar-refractivity contribution < 1.29 is 4.74 Å². The van der Waals surface area contributed by atoms with Crippen LogP contribution < -0.4 is 5.32 Å². The first-order valence-electron chi connectivity index (χ1n) is 8.69. The molecule has 21 heavy (non-hydrogen) atoms. The highest BCUT2D eigenvalue weighted by molar-refractivity contribution is 5.24. The summed E-state index contributed by atoms with van der Waals surface area (Å²) in [7, 11) is 0. The molecule has 0 spiro atoms. The minimum atomic E-state index is 0.425. The van der Waals surface area contributed by atoms with Crippen molar-refractivity contribution in [3.8, 4) is 0 Å². The topological polar surface area (TPSA) is 21.3 Å². The van der Waals surface area contributed by atoms with Crippen molar-refractivity contribution >= 4 is 0 Å². The van der Waals surface area contributed by atoms with Crippen LogP contribution in [0.15, 0.2) is 24.3 Å². The molecule has 1 aromatic rings. The number of hydrogen-bond donors (Lipinski definition) is 1. The van der Waals surface area contributed by atoms with Crippen LogP contribution in [0.1, 0.15) is 63.1 Å². The maximum absolute atomic E-state index is 5.66. The van der Waals surface area contributed by atoms with Crippen LogP contribution in [-0.2, 0) is 11.2 Å². The Bertz CT molecular complexity index is 383. The molecular weight excluding hydrogens is 258 g/mol. The molecule has 1 fully saturated rings. The van der Waals surface area contributed by atoms with Crippen molar-refractivity contribution in [3.05, 3.63) is 35.4 Å².